The lowest BCUT2D eigenvalue weighted by atomic mass is 9.74. The number of ether oxygens (including phenoxy) is 2. The van der Waals surface area contributed by atoms with Crippen LogP contribution in [-0.4, -0.2) is 19.0 Å². The van der Waals surface area contributed by atoms with Crippen LogP contribution < -0.4 is 9.47 Å². The molecule has 0 aromatic heterocycles. The van der Waals surface area contributed by atoms with Crippen LogP contribution in [0.1, 0.15) is 43.5 Å². The van der Waals surface area contributed by atoms with Crippen molar-refractivity contribution in [1.82, 2.24) is 0 Å². The number of carbonyl (C=O) groups is 1. The average Bonchev–Trinajstić information content (AvgIpc) is 2.45. The molecule has 2 aliphatic rings. The Bertz CT molecular complexity index is 499. The second kappa shape index (κ2) is 5.47. The van der Waals surface area contributed by atoms with Crippen molar-refractivity contribution < 1.29 is 14.3 Å². The second-order valence-corrected chi connectivity index (χ2v) is 6.31. The number of rotatable bonds is 2. The van der Waals surface area contributed by atoms with Gasteiger partial charge in [-0.2, -0.15) is 0 Å². The summed E-state index contributed by atoms with van der Waals surface area (Å²) in [5.74, 6) is 2.97. The largest absolute Gasteiger partial charge is 0.486 e. The van der Waals surface area contributed by atoms with E-state index in [0.717, 1.165) is 12.8 Å². The molecule has 0 N–H and O–H groups in total. The van der Waals surface area contributed by atoms with Gasteiger partial charge in [0.2, 0.25) is 0 Å². The fraction of sp³-hybridized carbons (Fsp3) is 0.588. The van der Waals surface area contributed by atoms with Gasteiger partial charge in [-0.25, -0.2) is 0 Å². The van der Waals surface area contributed by atoms with Crippen molar-refractivity contribution in [2.75, 3.05) is 13.2 Å². The van der Waals surface area contributed by atoms with Gasteiger partial charge in [-0.3, -0.25) is 4.79 Å². The molecule has 0 saturated heterocycles. The molecule has 0 amide bonds. The monoisotopic (exact) mass is 274 g/mol. The smallest absolute Gasteiger partial charge is 0.172 e. The van der Waals surface area contributed by atoms with Crippen molar-refractivity contribution in [3.63, 3.8) is 0 Å². The maximum atomic E-state index is 12.8. The minimum Gasteiger partial charge on any atom is -0.486 e. The van der Waals surface area contributed by atoms with Crippen LogP contribution in [0.15, 0.2) is 18.2 Å². The van der Waals surface area contributed by atoms with Gasteiger partial charge in [0.1, 0.15) is 13.2 Å². The topological polar surface area (TPSA) is 35.5 Å². The lowest BCUT2D eigenvalue weighted by Crippen LogP contribution is -2.27. The maximum Gasteiger partial charge on any atom is 0.172 e. The van der Waals surface area contributed by atoms with Gasteiger partial charge in [-0.05, 0) is 43.2 Å². The molecule has 1 fully saturated rings. The van der Waals surface area contributed by atoms with Gasteiger partial charge in [0.15, 0.2) is 17.3 Å². The summed E-state index contributed by atoms with van der Waals surface area (Å²) in [6.07, 6.45) is 3.22. The van der Waals surface area contributed by atoms with Crippen molar-refractivity contribution in [3.8, 4) is 11.5 Å². The summed E-state index contributed by atoms with van der Waals surface area (Å²) in [4.78, 5) is 12.8. The molecule has 1 saturated carbocycles. The molecule has 3 heteroatoms. The molecule has 3 nitrogen and oxygen atoms in total. The minimum atomic E-state index is 0.130. The molecule has 2 atom stereocenters. The minimum absolute atomic E-state index is 0.130. The molecule has 1 aromatic rings. The first-order chi connectivity index (χ1) is 9.65. The zero-order valence-corrected chi connectivity index (χ0v) is 12.2. The first-order valence-electron chi connectivity index (χ1n) is 7.58. The highest BCUT2D eigenvalue weighted by atomic mass is 16.6. The molecule has 1 aromatic carbocycles. The fourth-order valence-electron chi connectivity index (χ4n) is 3.65. The van der Waals surface area contributed by atoms with E-state index in [2.05, 4.69) is 13.8 Å². The van der Waals surface area contributed by atoms with Crippen LogP contribution >= 0.6 is 0 Å². The third-order valence-electron chi connectivity index (χ3n) is 4.38. The number of ketones is 1. The average molecular weight is 274 g/mol. The van der Waals surface area contributed by atoms with E-state index in [1.54, 1.807) is 0 Å². The maximum absolute atomic E-state index is 12.8. The van der Waals surface area contributed by atoms with Gasteiger partial charge in [0.25, 0.3) is 0 Å². The van der Waals surface area contributed by atoms with Gasteiger partial charge in [0.05, 0.1) is 5.56 Å². The molecule has 0 spiro atoms. The van der Waals surface area contributed by atoms with Crippen LogP contribution in [0.25, 0.3) is 0 Å². The van der Waals surface area contributed by atoms with E-state index in [9.17, 15) is 4.79 Å². The molecule has 1 aliphatic heterocycles. The van der Waals surface area contributed by atoms with Gasteiger partial charge < -0.3 is 9.47 Å². The van der Waals surface area contributed by atoms with Crippen LogP contribution in [0, 0.1) is 17.8 Å². The summed E-state index contributed by atoms with van der Waals surface area (Å²) >= 11 is 0. The van der Waals surface area contributed by atoms with Crippen LogP contribution in [0.5, 0.6) is 11.5 Å². The van der Waals surface area contributed by atoms with E-state index in [4.69, 9.17) is 9.47 Å². The summed E-state index contributed by atoms with van der Waals surface area (Å²) in [7, 11) is 0. The predicted molar refractivity (Wildman–Crippen MR) is 77.4 cm³/mol. The third-order valence-corrected chi connectivity index (χ3v) is 4.38. The van der Waals surface area contributed by atoms with Crippen molar-refractivity contribution in [2.24, 2.45) is 17.8 Å². The number of para-hydroxylation sites is 1. The highest BCUT2D eigenvalue weighted by Gasteiger charge is 2.32. The molecule has 2 unspecified atom stereocenters. The number of hydrogen-bond donors (Lipinski definition) is 0. The van der Waals surface area contributed by atoms with Crippen LogP contribution in [0.4, 0.5) is 0 Å². The Kier molecular flexibility index (Phi) is 3.68. The fourth-order valence-corrected chi connectivity index (χ4v) is 3.65. The Morgan fingerprint density at radius 3 is 2.50 bits per heavy atom. The van der Waals surface area contributed by atoms with E-state index >= 15 is 0 Å². The Labute approximate surface area is 120 Å². The molecular formula is C17H22O3. The number of fused-ring (bicyclic) bond motifs is 1. The summed E-state index contributed by atoms with van der Waals surface area (Å²) in [6, 6.07) is 5.63. The highest BCUT2D eigenvalue weighted by molar-refractivity contribution is 6.01. The van der Waals surface area contributed by atoms with Crippen molar-refractivity contribution in [2.45, 2.75) is 33.1 Å². The van der Waals surface area contributed by atoms with Gasteiger partial charge in [-0.15, -0.1) is 0 Å². The Hall–Kier alpha value is -1.51. The standard InChI is InChI=1S/C17H22O3/c1-11-8-12(2)10-13(9-11)16(18)14-4-3-5-15-17(14)20-7-6-19-15/h3-5,11-13H,6-10H2,1-2H3. The quantitative estimate of drug-likeness (QED) is 0.771. The molecule has 0 radical (unpaired) electrons. The summed E-state index contributed by atoms with van der Waals surface area (Å²) in [6.45, 7) is 5.57. The Balaban J connectivity index is 1.87. The van der Waals surface area contributed by atoms with Crippen molar-refractivity contribution in [3.05, 3.63) is 23.8 Å². The number of Topliss-reactive ketones (excluding diaryl/α,β-unsaturated/α-hetero) is 1. The van der Waals surface area contributed by atoms with E-state index in [1.165, 1.54) is 6.42 Å². The zero-order valence-electron chi connectivity index (χ0n) is 12.2. The van der Waals surface area contributed by atoms with Crippen LogP contribution in [0.2, 0.25) is 0 Å². The lowest BCUT2D eigenvalue weighted by Gasteiger charge is -2.31. The van der Waals surface area contributed by atoms with Gasteiger partial charge in [-0.1, -0.05) is 19.9 Å². The van der Waals surface area contributed by atoms with E-state index in [0.29, 0.717) is 42.1 Å². The number of carbonyl (C=O) groups excluding carboxylic acids is 1. The first-order valence-corrected chi connectivity index (χ1v) is 7.58. The SMILES string of the molecule is CC1CC(C)CC(C(=O)c2cccc3c2OCCO3)C1. The number of hydrogen-bond acceptors (Lipinski definition) is 3. The summed E-state index contributed by atoms with van der Waals surface area (Å²) in [5, 5.41) is 0. The molecule has 20 heavy (non-hydrogen) atoms. The van der Waals surface area contributed by atoms with Crippen LogP contribution in [-0.2, 0) is 0 Å². The molecule has 0 bridgehead atoms. The van der Waals surface area contributed by atoms with Crippen LogP contribution in [0.3, 0.4) is 0 Å². The molecule has 1 aliphatic carbocycles. The second-order valence-electron chi connectivity index (χ2n) is 6.31. The molecule has 3 rings (SSSR count). The summed E-state index contributed by atoms with van der Waals surface area (Å²) < 4.78 is 11.2. The highest BCUT2D eigenvalue weighted by Crippen LogP contribution is 2.39. The Morgan fingerprint density at radius 1 is 1.05 bits per heavy atom. The van der Waals surface area contributed by atoms with E-state index in [-0.39, 0.29) is 11.7 Å². The molecular weight excluding hydrogens is 252 g/mol. The first kappa shape index (κ1) is 13.5. The van der Waals surface area contributed by atoms with Crippen molar-refractivity contribution >= 4 is 5.78 Å². The normalized spacial score (nSPS) is 29.0. The predicted octanol–water partition coefficient (Wildman–Crippen LogP) is 3.71. The molecule has 1 heterocycles. The third kappa shape index (κ3) is 2.54. The zero-order chi connectivity index (χ0) is 14.1. The van der Waals surface area contributed by atoms with Gasteiger partial charge in [0, 0.05) is 5.92 Å². The van der Waals surface area contributed by atoms with Crippen molar-refractivity contribution in [1.29, 1.82) is 0 Å². The number of benzene rings is 1. The molecule has 108 valence electrons. The van der Waals surface area contributed by atoms with E-state index in [1.807, 2.05) is 18.2 Å². The lowest BCUT2D eigenvalue weighted by molar-refractivity contribution is 0.0826. The summed E-state index contributed by atoms with van der Waals surface area (Å²) in [5.41, 5.74) is 0.702. The van der Waals surface area contributed by atoms with E-state index < -0.39 is 0 Å². The Morgan fingerprint density at radius 2 is 1.75 bits per heavy atom. The van der Waals surface area contributed by atoms with Gasteiger partial charge >= 0.3 is 0 Å².